The van der Waals surface area contributed by atoms with E-state index in [1.165, 1.54) is 7.11 Å². The number of nitrogens with zero attached hydrogens (tertiary/aromatic N) is 4. The maximum Gasteiger partial charge on any atom is 0.431 e. The van der Waals surface area contributed by atoms with Crippen molar-refractivity contribution in [2.45, 2.75) is 6.18 Å². The lowest BCUT2D eigenvalue weighted by atomic mass is 10.1. The number of hydrogen-bond acceptors (Lipinski definition) is 5. The van der Waals surface area contributed by atoms with Crippen LogP contribution in [0.4, 0.5) is 23.2 Å². The molecule has 0 unspecified atom stereocenters. The van der Waals surface area contributed by atoms with E-state index in [1.54, 1.807) is 0 Å². The minimum absolute atomic E-state index is 0.0313. The van der Waals surface area contributed by atoms with Crippen LogP contribution in [-0.4, -0.2) is 29.2 Å². The molecule has 11 heteroatoms. The normalized spacial score (nSPS) is 11.8. The number of aromatic nitrogens is 2. The van der Waals surface area contributed by atoms with Crippen molar-refractivity contribution in [2.75, 3.05) is 7.11 Å². The Labute approximate surface area is 143 Å². The number of benzene rings is 1. The highest BCUT2D eigenvalue weighted by Crippen LogP contribution is 2.27. The van der Waals surface area contributed by atoms with Gasteiger partial charge in [-0.15, -0.1) is 0 Å². The van der Waals surface area contributed by atoms with Crippen LogP contribution in [0.5, 0.6) is 0 Å². The Hall–Kier alpha value is -3.24. The van der Waals surface area contributed by atoms with E-state index in [0.717, 1.165) is 25.4 Å². The molecule has 0 fully saturated rings. The van der Waals surface area contributed by atoms with E-state index in [0.29, 0.717) is 0 Å². The fraction of sp³-hybridized carbons (Fsp3) is 0.200. The molecule has 7 nitrogen and oxygen atoms in total. The molecule has 0 radical (unpaired) electrons. The van der Waals surface area contributed by atoms with E-state index in [-0.39, 0.29) is 26.5 Å². The molecule has 0 aliphatic rings. The molecular weight excluding hydrogens is 360 g/mol. The zero-order chi connectivity index (χ0) is 19.6. The van der Waals surface area contributed by atoms with E-state index < -0.39 is 34.6 Å². The van der Waals surface area contributed by atoms with Crippen molar-refractivity contribution < 1.29 is 22.4 Å². The monoisotopic (exact) mass is 372 g/mol. The van der Waals surface area contributed by atoms with Gasteiger partial charge in [-0.05, 0) is 12.8 Å². The first-order valence-electron chi connectivity index (χ1n) is 6.89. The largest absolute Gasteiger partial charge is 0.431 e. The number of aliphatic imine (C=N–C) groups is 1. The molecule has 1 aromatic heterocycles. The highest BCUT2D eigenvalue weighted by molar-refractivity contribution is 5.87. The molecule has 0 atom stereocenters. The number of alkyl halides is 3. The minimum atomic E-state index is -4.92. The predicted octanol–water partition coefficient (Wildman–Crippen LogP) is 2.01. The molecule has 0 aliphatic carbocycles. The van der Waals surface area contributed by atoms with Crippen LogP contribution < -0.4 is 11.2 Å². The van der Waals surface area contributed by atoms with Crippen LogP contribution in [0.2, 0.25) is 0 Å². The van der Waals surface area contributed by atoms with Crippen molar-refractivity contribution in [1.82, 2.24) is 9.13 Å². The lowest BCUT2D eigenvalue weighted by Gasteiger charge is -2.15. The molecule has 0 bridgehead atoms. The van der Waals surface area contributed by atoms with E-state index in [9.17, 15) is 27.2 Å². The Kier molecular flexibility index (Phi) is 5.10. The molecule has 138 valence electrons. The second-order valence-corrected chi connectivity index (χ2v) is 4.98. The van der Waals surface area contributed by atoms with Gasteiger partial charge in [0.05, 0.1) is 17.6 Å². The van der Waals surface area contributed by atoms with Crippen molar-refractivity contribution in [3.63, 3.8) is 0 Å². The van der Waals surface area contributed by atoms with Crippen LogP contribution in [0, 0.1) is 5.82 Å². The van der Waals surface area contributed by atoms with E-state index in [4.69, 9.17) is 0 Å². The van der Waals surface area contributed by atoms with Gasteiger partial charge in [-0.25, -0.2) is 13.8 Å². The summed E-state index contributed by atoms with van der Waals surface area (Å²) in [5.74, 6) is -1.05. The summed E-state index contributed by atoms with van der Waals surface area (Å²) < 4.78 is 53.5. The molecule has 1 aromatic carbocycles. The third kappa shape index (κ3) is 3.41. The summed E-state index contributed by atoms with van der Waals surface area (Å²) in [5.41, 5.74) is -4.55. The van der Waals surface area contributed by atoms with Gasteiger partial charge in [0.2, 0.25) is 0 Å². The van der Waals surface area contributed by atoms with Crippen molar-refractivity contribution in [1.29, 1.82) is 0 Å². The third-order valence-corrected chi connectivity index (χ3v) is 3.42. The summed E-state index contributed by atoms with van der Waals surface area (Å²) in [7, 11) is 2.07. The van der Waals surface area contributed by atoms with E-state index >= 15 is 0 Å². The predicted molar refractivity (Wildman–Crippen MR) is 86.1 cm³/mol. The lowest BCUT2D eigenvalue weighted by Crippen LogP contribution is -2.41. The average molecular weight is 372 g/mol. The second kappa shape index (κ2) is 6.94. The molecule has 26 heavy (non-hydrogen) atoms. The zero-order valence-electron chi connectivity index (χ0n) is 13.5. The van der Waals surface area contributed by atoms with Gasteiger partial charge in [-0.3, -0.25) is 14.4 Å². The minimum Gasteiger partial charge on any atom is -0.399 e. The van der Waals surface area contributed by atoms with Gasteiger partial charge in [0, 0.05) is 24.7 Å². The van der Waals surface area contributed by atoms with Crippen LogP contribution in [0.3, 0.4) is 0 Å². The van der Waals surface area contributed by atoms with Crippen molar-refractivity contribution >= 4 is 18.6 Å². The SMILES string of the molecule is C=Nc1cc(F)c(-n2c(=O)cc(C(F)(F)F)n(C)c2=O)cc1C=NOC. The summed E-state index contributed by atoms with van der Waals surface area (Å²) in [5, 5.41) is 3.47. The number of rotatable bonds is 4. The Morgan fingerprint density at radius 3 is 2.42 bits per heavy atom. The molecule has 0 aliphatic heterocycles. The zero-order valence-corrected chi connectivity index (χ0v) is 13.5. The number of hydrogen-bond donors (Lipinski definition) is 0. The van der Waals surface area contributed by atoms with Crippen molar-refractivity contribution in [3.8, 4) is 5.69 Å². The van der Waals surface area contributed by atoms with Gasteiger partial charge in [-0.2, -0.15) is 13.2 Å². The first-order chi connectivity index (χ1) is 12.1. The molecule has 2 rings (SSSR count). The molecule has 0 spiro atoms. The standard InChI is InChI=1S/C15H12F4N4O3/c1-20-10-5-9(16)11(4-8(10)7-21-26-3)23-13(24)6-12(15(17,18)19)22(2)14(23)25/h4-7H,1H2,2-3H3. The molecule has 0 saturated heterocycles. The maximum absolute atomic E-state index is 14.4. The number of oxime groups is 1. The van der Waals surface area contributed by atoms with Gasteiger partial charge in [0.25, 0.3) is 5.56 Å². The van der Waals surface area contributed by atoms with Crippen molar-refractivity contribution in [3.05, 3.63) is 56.1 Å². The Morgan fingerprint density at radius 1 is 1.23 bits per heavy atom. The molecule has 1 heterocycles. The topological polar surface area (TPSA) is 78.0 Å². The molecule has 0 amide bonds. The van der Waals surface area contributed by atoms with Gasteiger partial charge in [-0.1, -0.05) is 5.16 Å². The van der Waals surface area contributed by atoms with Gasteiger partial charge in [0.1, 0.15) is 18.6 Å². The van der Waals surface area contributed by atoms with E-state index in [2.05, 4.69) is 21.7 Å². The summed E-state index contributed by atoms with van der Waals surface area (Å²) in [6, 6.07) is 2.10. The highest BCUT2D eigenvalue weighted by Gasteiger charge is 2.35. The molecule has 2 aromatic rings. The first kappa shape index (κ1) is 19.1. The fourth-order valence-corrected chi connectivity index (χ4v) is 2.21. The Bertz CT molecular complexity index is 1010. The van der Waals surface area contributed by atoms with Crippen LogP contribution in [-0.2, 0) is 18.1 Å². The van der Waals surface area contributed by atoms with Crippen molar-refractivity contribution in [2.24, 2.45) is 17.2 Å². The van der Waals surface area contributed by atoms with E-state index in [1.807, 2.05) is 0 Å². The Morgan fingerprint density at radius 2 is 1.88 bits per heavy atom. The van der Waals surface area contributed by atoms with Crippen LogP contribution >= 0.6 is 0 Å². The highest BCUT2D eigenvalue weighted by atomic mass is 19.4. The smallest absolute Gasteiger partial charge is 0.399 e. The average Bonchev–Trinajstić information content (AvgIpc) is 2.56. The lowest BCUT2D eigenvalue weighted by molar-refractivity contribution is -0.144. The Balaban J connectivity index is 2.83. The summed E-state index contributed by atoms with van der Waals surface area (Å²) in [6.45, 7) is 3.25. The third-order valence-electron chi connectivity index (χ3n) is 3.42. The fourth-order valence-electron chi connectivity index (χ4n) is 2.21. The summed E-state index contributed by atoms with van der Waals surface area (Å²) in [6.07, 6.45) is -3.80. The maximum atomic E-state index is 14.4. The quantitative estimate of drug-likeness (QED) is 0.468. The summed E-state index contributed by atoms with van der Waals surface area (Å²) >= 11 is 0. The molecular formula is C15H12F4N4O3. The number of halogens is 4. The summed E-state index contributed by atoms with van der Waals surface area (Å²) in [4.78, 5) is 32.4. The first-order valence-corrected chi connectivity index (χ1v) is 6.89. The van der Waals surface area contributed by atoms with Crippen LogP contribution in [0.1, 0.15) is 11.3 Å². The van der Waals surface area contributed by atoms with Crippen LogP contribution in [0.15, 0.2) is 37.9 Å². The van der Waals surface area contributed by atoms with Crippen LogP contribution in [0.25, 0.3) is 5.69 Å². The second-order valence-electron chi connectivity index (χ2n) is 4.98. The van der Waals surface area contributed by atoms with Gasteiger partial charge < -0.3 is 4.84 Å². The molecule has 0 saturated carbocycles. The van der Waals surface area contributed by atoms with Gasteiger partial charge >= 0.3 is 11.9 Å². The van der Waals surface area contributed by atoms with Gasteiger partial charge in [0.15, 0.2) is 0 Å². The molecule has 0 N–H and O–H groups in total.